The molecule has 0 aliphatic carbocycles. The Morgan fingerprint density at radius 3 is 2.48 bits per heavy atom. The molecule has 1 saturated heterocycles. The highest BCUT2D eigenvalue weighted by Crippen LogP contribution is 2.26. The summed E-state index contributed by atoms with van der Waals surface area (Å²) in [6.45, 7) is 1.47. The van der Waals surface area contributed by atoms with Crippen molar-refractivity contribution in [3.8, 4) is 0 Å². The molecule has 2 aromatic rings. The lowest BCUT2D eigenvalue weighted by Crippen LogP contribution is -2.38. The Morgan fingerprint density at radius 1 is 1.16 bits per heavy atom. The van der Waals surface area contributed by atoms with Gasteiger partial charge < -0.3 is 10.2 Å². The average molecular weight is 343 g/mol. The second kappa shape index (κ2) is 7.29. The quantitative estimate of drug-likeness (QED) is 0.680. The standard InChI is InChI=1S/C18H18FN3O3/c19-16-7-6-15(22(24)25)12-17(16)20-18(23)13-8-10-21(11-9-13)14-4-2-1-3-5-14/h1-7,12-13H,8-11H2,(H,20,23). The van der Waals surface area contributed by atoms with Gasteiger partial charge in [-0.3, -0.25) is 14.9 Å². The molecule has 0 unspecified atom stereocenters. The molecule has 25 heavy (non-hydrogen) atoms. The number of benzene rings is 2. The molecular formula is C18H18FN3O3. The van der Waals surface area contributed by atoms with Crippen LogP contribution >= 0.6 is 0 Å². The predicted molar refractivity (Wildman–Crippen MR) is 93.1 cm³/mol. The lowest BCUT2D eigenvalue weighted by Gasteiger charge is -2.33. The van der Waals surface area contributed by atoms with Gasteiger partial charge in [-0.1, -0.05) is 18.2 Å². The number of hydrogen-bond acceptors (Lipinski definition) is 4. The zero-order valence-corrected chi connectivity index (χ0v) is 13.5. The molecule has 0 bridgehead atoms. The first-order chi connectivity index (χ1) is 12.0. The van der Waals surface area contributed by atoms with Crippen LogP contribution in [0.4, 0.5) is 21.5 Å². The largest absolute Gasteiger partial charge is 0.371 e. The van der Waals surface area contributed by atoms with Crippen molar-refractivity contribution in [2.24, 2.45) is 5.92 Å². The second-order valence-corrected chi connectivity index (χ2v) is 6.01. The van der Waals surface area contributed by atoms with Crippen LogP contribution in [0.25, 0.3) is 0 Å². The summed E-state index contributed by atoms with van der Waals surface area (Å²) in [5.74, 6) is -1.22. The maximum atomic E-state index is 13.8. The van der Waals surface area contributed by atoms with Crippen LogP contribution in [0.2, 0.25) is 0 Å². The Morgan fingerprint density at radius 2 is 1.84 bits per heavy atom. The van der Waals surface area contributed by atoms with Crippen LogP contribution in [0, 0.1) is 21.8 Å². The molecule has 6 nitrogen and oxygen atoms in total. The molecule has 0 aromatic heterocycles. The second-order valence-electron chi connectivity index (χ2n) is 6.01. The van der Waals surface area contributed by atoms with Crippen molar-refractivity contribution >= 4 is 23.0 Å². The fourth-order valence-corrected chi connectivity index (χ4v) is 3.00. The summed E-state index contributed by atoms with van der Waals surface area (Å²) in [4.78, 5) is 24.8. The SMILES string of the molecule is O=C(Nc1cc([N+](=O)[O-])ccc1F)C1CCN(c2ccccc2)CC1. The molecule has 1 fully saturated rings. The number of nitrogens with one attached hydrogen (secondary N) is 1. The first-order valence-electron chi connectivity index (χ1n) is 8.09. The van der Waals surface area contributed by atoms with Gasteiger partial charge in [0.25, 0.3) is 5.69 Å². The molecule has 1 amide bonds. The van der Waals surface area contributed by atoms with Gasteiger partial charge >= 0.3 is 0 Å². The van der Waals surface area contributed by atoms with Crippen molar-refractivity contribution in [2.45, 2.75) is 12.8 Å². The molecule has 0 atom stereocenters. The third-order valence-corrected chi connectivity index (χ3v) is 4.41. The molecule has 1 aliphatic heterocycles. The molecule has 1 N–H and O–H groups in total. The Kier molecular flexibility index (Phi) is 4.92. The molecule has 0 spiro atoms. The van der Waals surface area contributed by atoms with Crippen LogP contribution < -0.4 is 10.2 Å². The molecule has 1 aliphatic rings. The Balaban J connectivity index is 1.62. The van der Waals surface area contributed by atoms with Gasteiger partial charge in [0.2, 0.25) is 5.91 Å². The lowest BCUT2D eigenvalue weighted by atomic mass is 9.95. The summed E-state index contributed by atoms with van der Waals surface area (Å²) in [5.41, 5.74) is 0.714. The van der Waals surface area contributed by atoms with E-state index < -0.39 is 10.7 Å². The van der Waals surface area contributed by atoms with E-state index in [1.54, 1.807) is 0 Å². The number of carbonyl (C=O) groups excluding carboxylic acids is 1. The van der Waals surface area contributed by atoms with Crippen molar-refractivity contribution in [1.82, 2.24) is 0 Å². The Hall–Kier alpha value is -2.96. The highest BCUT2D eigenvalue weighted by atomic mass is 19.1. The first-order valence-corrected chi connectivity index (χ1v) is 8.09. The van der Waals surface area contributed by atoms with E-state index in [1.165, 1.54) is 0 Å². The zero-order valence-electron chi connectivity index (χ0n) is 13.5. The van der Waals surface area contributed by atoms with Gasteiger partial charge in [0, 0.05) is 36.8 Å². The van der Waals surface area contributed by atoms with E-state index in [1.807, 2.05) is 30.3 Å². The summed E-state index contributed by atoms with van der Waals surface area (Å²) in [6, 6.07) is 13.1. The number of anilines is 2. The summed E-state index contributed by atoms with van der Waals surface area (Å²) in [5, 5.41) is 13.3. The molecule has 1 heterocycles. The van der Waals surface area contributed by atoms with Crippen LogP contribution in [-0.2, 0) is 4.79 Å². The van der Waals surface area contributed by atoms with Crippen molar-refractivity contribution < 1.29 is 14.1 Å². The number of carbonyl (C=O) groups is 1. The molecule has 130 valence electrons. The predicted octanol–water partition coefficient (Wildman–Crippen LogP) is 3.59. The number of amides is 1. The topological polar surface area (TPSA) is 75.5 Å². The maximum Gasteiger partial charge on any atom is 0.271 e. The van der Waals surface area contributed by atoms with E-state index in [4.69, 9.17) is 0 Å². The van der Waals surface area contributed by atoms with Crippen LogP contribution in [0.3, 0.4) is 0 Å². The minimum absolute atomic E-state index is 0.148. The third kappa shape index (κ3) is 3.93. The van der Waals surface area contributed by atoms with Crippen LogP contribution in [0.5, 0.6) is 0 Å². The fourth-order valence-electron chi connectivity index (χ4n) is 3.00. The number of hydrogen-bond donors (Lipinski definition) is 1. The van der Waals surface area contributed by atoms with E-state index in [0.717, 1.165) is 37.0 Å². The van der Waals surface area contributed by atoms with E-state index >= 15 is 0 Å². The Labute approximate surface area is 144 Å². The zero-order chi connectivity index (χ0) is 17.8. The number of non-ortho nitro benzene ring substituents is 1. The highest BCUT2D eigenvalue weighted by Gasteiger charge is 2.26. The van der Waals surface area contributed by atoms with Gasteiger partial charge in [0.05, 0.1) is 10.6 Å². The van der Waals surface area contributed by atoms with Crippen molar-refractivity contribution in [3.63, 3.8) is 0 Å². The van der Waals surface area contributed by atoms with Crippen molar-refractivity contribution in [1.29, 1.82) is 0 Å². The van der Waals surface area contributed by atoms with Gasteiger partial charge in [-0.05, 0) is 31.0 Å². The lowest BCUT2D eigenvalue weighted by molar-refractivity contribution is -0.384. The number of nitro groups is 1. The van der Waals surface area contributed by atoms with Crippen LogP contribution in [-0.4, -0.2) is 23.9 Å². The molecule has 3 rings (SSSR count). The van der Waals surface area contributed by atoms with Gasteiger partial charge in [-0.15, -0.1) is 0 Å². The number of para-hydroxylation sites is 1. The summed E-state index contributed by atoms with van der Waals surface area (Å²) in [7, 11) is 0. The smallest absolute Gasteiger partial charge is 0.271 e. The number of nitro benzene ring substituents is 1. The number of nitrogens with zero attached hydrogens (tertiary/aromatic N) is 2. The van der Waals surface area contributed by atoms with Crippen molar-refractivity contribution in [3.05, 3.63) is 64.5 Å². The molecule has 2 aromatic carbocycles. The monoisotopic (exact) mass is 343 g/mol. The number of rotatable bonds is 4. The Bertz CT molecular complexity index is 774. The summed E-state index contributed by atoms with van der Waals surface area (Å²) in [6.07, 6.45) is 1.30. The van der Waals surface area contributed by atoms with Gasteiger partial charge in [-0.25, -0.2) is 4.39 Å². The van der Waals surface area contributed by atoms with Crippen LogP contribution in [0.1, 0.15) is 12.8 Å². The number of halogens is 1. The van der Waals surface area contributed by atoms with E-state index in [9.17, 15) is 19.3 Å². The van der Waals surface area contributed by atoms with E-state index in [2.05, 4.69) is 10.2 Å². The van der Waals surface area contributed by atoms with E-state index in [0.29, 0.717) is 12.8 Å². The third-order valence-electron chi connectivity index (χ3n) is 4.41. The van der Waals surface area contributed by atoms with Gasteiger partial charge in [0.15, 0.2) is 0 Å². The fraction of sp³-hybridized carbons (Fsp3) is 0.278. The van der Waals surface area contributed by atoms with E-state index in [-0.39, 0.29) is 23.2 Å². The maximum absolute atomic E-state index is 13.8. The highest BCUT2D eigenvalue weighted by molar-refractivity contribution is 5.93. The molecular weight excluding hydrogens is 325 g/mol. The summed E-state index contributed by atoms with van der Waals surface area (Å²) >= 11 is 0. The van der Waals surface area contributed by atoms with Crippen molar-refractivity contribution in [2.75, 3.05) is 23.3 Å². The van der Waals surface area contributed by atoms with Gasteiger partial charge in [-0.2, -0.15) is 0 Å². The minimum atomic E-state index is -0.680. The number of piperidine rings is 1. The normalized spacial score (nSPS) is 15.0. The van der Waals surface area contributed by atoms with Gasteiger partial charge in [0.1, 0.15) is 5.82 Å². The molecule has 0 radical (unpaired) electrons. The summed E-state index contributed by atoms with van der Waals surface area (Å²) < 4.78 is 13.8. The van der Waals surface area contributed by atoms with Crippen LogP contribution in [0.15, 0.2) is 48.5 Å². The molecule has 0 saturated carbocycles. The average Bonchev–Trinajstić information content (AvgIpc) is 2.64. The minimum Gasteiger partial charge on any atom is -0.371 e. The first kappa shape index (κ1) is 16.9. The molecule has 7 heteroatoms.